The predicted molar refractivity (Wildman–Crippen MR) is 79.0 cm³/mol. The van der Waals surface area contributed by atoms with Gasteiger partial charge in [-0.15, -0.1) is 0 Å². The number of halogens is 3. The summed E-state index contributed by atoms with van der Waals surface area (Å²) < 4.78 is 5.38. The molecule has 0 bridgehead atoms. The molecule has 114 valence electrons. The SMILES string of the molecule is O=C([O-])c1cc(Oc2c(Cl)cc(Cl)cc2Cl)ccc1[N+](=O)[O-].[K+]. The summed E-state index contributed by atoms with van der Waals surface area (Å²) in [4.78, 5) is 20.9. The van der Waals surface area contributed by atoms with Crippen molar-refractivity contribution in [1.29, 1.82) is 0 Å². The van der Waals surface area contributed by atoms with Crippen LogP contribution in [0.15, 0.2) is 30.3 Å². The van der Waals surface area contributed by atoms with Crippen LogP contribution in [0.2, 0.25) is 15.1 Å². The molecule has 0 saturated heterocycles. The quantitative estimate of drug-likeness (QED) is 0.428. The molecule has 0 spiro atoms. The number of nitro groups is 1. The standard InChI is InChI=1S/C13H6Cl3NO5.K/c14-6-3-9(15)12(10(16)4-6)22-7-1-2-11(17(20)21)8(5-7)13(18)19;/h1-5H,(H,18,19);/q;+1/p-1. The summed E-state index contributed by atoms with van der Waals surface area (Å²) in [6.45, 7) is 0. The van der Waals surface area contributed by atoms with Crippen molar-refractivity contribution in [2.24, 2.45) is 0 Å². The van der Waals surface area contributed by atoms with Gasteiger partial charge in [0.2, 0.25) is 0 Å². The minimum atomic E-state index is -1.70. The maximum Gasteiger partial charge on any atom is 1.00 e. The van der Waals surface area contributed by atoms with Crippen molar-refractivity contribution in [1.82, 2.24) is 0 Å². The van der Waals surface area contributed by atoms with Gasteiger partial charge in [-0.05, 0) is 24.3 Å². The number of ether oxygens (including phenoxy) is 1. The largest absolute Gasteiger partial charge is 1.00 e. The van der Waals surface area contributed by atoms with Gasteiger partial charge in [0.25, 0.3) is 5.69 Å². The molecule has 0 fully saturated rings. The molecular formula is C13H5Cl3KNO5. The Balaban J connectivity index is 0.00000264. The van der Waals surface area contributed by atoms with Gasteiger partial charge in [0.15, 0.2) is 5.75 Å². The first-order valence-electron chi connectivity index (χ1n) is 5.61. The zero-order valence-corrected chi connectivity index (χ0v) is 16.9. The third-order valence-corrected chi connectivity index (χ3v) is 3.35. The molecule has 0 aromatic heterocycles. The van der Waals surface area contributed by atoms with Crippen molar-refractivity contribution in [2.75, 3.05) is 0 Å². The Hall–Kier alpha value is -0.384. The summed E-state index contributed by atoms with van der Waals surface area (Å²) in [5.74, 6) is -1.66. The fraction of sp³-hybridized carbons (Fsp3) is 0. The Morgan fingerprint density at radius 3 is 2.13 bits per heavy atom. The number of hydrogen-bond donors (Lipinski definition) is 0. The predicted octanol–water partition coefficient (Wildman–Crippen LogP) is 0.715. The molecule has 23 heavy (non-hydrogen) atoms. The van der Waals surface area contributed by atoms with Crippen LogP contribution in [-0.2, 0) is 0 Å². The van der Waals surface area contributed by atoms with Crippen molar-refractivity contribution < 1.29 is 70.9 Å². The molecule has 2 rings (SSSR count). The monoisotopic (exact) mass is 399 g/mol. The van der Waals surface area contributed by atoms with Gasteiger partial charge >= 0.3 is 51.4 Å². The van der Waals surface area contributed by atoms with E-state index in [1.807, 2.05) is 0 Å². The molecular weight excluding hydrogens is 396 g/mol. The average molecular weight is 401 g/mol. The summed E-state index contributed by atoms with van der Waals surface area (Å²) in [6, 6.07) is 5.92. The molecule has 10 heteroatoms. The number of carbonyl (C=O) groups excluding carboxylic acids is 1. The molecule has 0 aliphatic rings. The number of aromatic carboxylic acids is 1. The smallest absolute Gasteiger partial charge is 0.545 e. The van der Waals surface area contributed by atoms with Crippen LogP contribution in [0.4, 0.5) is 5.69 Å². The number of benzene rings is 2. The van der Waals surface area contributed by atoms with Crippen LogP contribution in [0.25, 0.3) is 0 Å². The molecule has 0 atom stereocenters. The van der Waals surface area contributed by atoms with E-state index >= 15 is 0 Å². The number of carbonyl (C=O) groups is 1. The van der Waals surface area contributed by atoms with E-state index in [1.54, 1.807) is 0 Å². The van der Waals surface area contributed by atoms with Crippen LogP contribution < -0.4 is 61.2 Å². The number of nitro benzene ring substituents is 1. The van der Waals surface area contributed by atoms with Gasteiger partial charge in [-0.3, -0.25) is 10.1 Å². The van der Waals surface area contributed by atoms with E-state index in [0.717, 1.165) is 12.1 Å². The summed E-state index contributed by atoms with van der Waals surface area (Å²) in [6.07, 6.45) is 0. The Morgan fingerprint density at radius 2 is 1.65 bits per heavy atom. The van der Waals surface area contributed by atoms with E-state index in [0.29, 0.717) is 5.02 Å². The number of carboxylic acids is 1. The summed E-state index contributed by atoms with van der Waals surface area (Å²) >= 11 is 17.6. The molecule has 0 radical (unpaired) electrons. The zero-order chi connectivity index (χ0) is 16.4. The maximum absolute atomic E-state index is 11.0. The van der Waals surface area contributed by atoms with Crippen molar-refractivity contribution in [3.63, 3.8) is 0 Å². The van der Waals surface area contributed by atoms with Crippen LogP contribution in [0.5, 0.6) is 11.5 Å². The minimum Gasteiger partial charge on any atom is -0.545 e. The number of carboxylic acid groups (broad SMARTS) is 1. The van der Waals surface area contributed by atoms with Gasteiger partial charge in [0, 0.05) is 11.1 Å². The molecule has 6 nitrogen and oxygen atoms in total. The Bertz CT molecular complexity index is 761. The Labute approximate surface area is 187 Å². The van der Waals surface area contributed by atoms with Gasteiger partial charge in [0.1, 0.15) is 5.75 Å². The maximum atomic E-state index is 11.0. The second-order valence-corrected chi connectivity index (χ2v) is 5.27. The number of rotatable bonds is 4. The third-order valence-electron chi connectivity index (χ3n) is 2.57. The van der Waals surface area contributed by atoms with Crippen molar-refractivity contribution >= 4 is 46.5 Å². The van der Waals surface area contributed by atoms with E-state index < -0.39 is 22.1 Å². The first-order chi connectivity index (χ1) is 10.3. The second kappa shape index (κ2) is 8.64. The fourth-order valence-electron chi connectivity index (χ4n) is 1.65. The van der Waals surface area contributed by atoms with E-state index in [2.05, 4.69) is 0 Å². The van der Waals surface area contributed by atoms with Gasteiger partial charge in [0.05, 0.1) is 26.5 Å². The summed E-state index contributed by atoms with van der Waals surface area (Å²) in [5, 5.41) is 22.2. The van der Waals surface area contributed by atoms with E-state index in [4.69, 9.17) is 39.5 Å². The van der Waals surface area contributed by atoms with Crippen LogP contribution in [-0.4, -0.2) is 10.9 Å². The van der Waals surface area contributed by atoms with Gasteiger partial charge < -0.3 is 14.6 Å². The number of nitrogens with zero attached hydrogens (tertiary/aromatic N) is 1. The van der Waals surface area contributed by atoms with Crippen molar-refractivity contribution in [3.05, 3.63) is 61.1 Å². The van der Waals surface area contributed by atoms with Gasteiger partial charge in [-0.25, -0.2) is 0 Å². The molecule has 0 heterocycles. The van der Waals surface area contributed by atoms with Crippen LogP contribution >= 0.6 is 34.8 Å². The molecule has 2 aromatic carbocycles. The van der Waals surface area contributed by atoms with E-state index in [9.17, 15) is 20.0 Å². The van der Waals surface area contributed by atoms with Crippen LogP contribution in [0.1, 0.15) is 10.4 Å². The minimum absolute atomic E-state index is 0. The average Bonchev–Trinajstić information content (AvgIpc) is 2.42. The zero-order valence-electron chi connectivity index (χ0n) is 11.5. The summed E-state index contributed by atoms with van der Waals surface area (Å²) in [7, 11) is 0. The van der Waals surface area contributed by atoms with Crippen molar-refractivity contribution in [3.8, 4) is 11.5 Å². The third kappa shape index (κ3) is 5.04. The molecule has 0 amide bonds. The van der Waals surface area contributed by atoms with E-state index in [-0.39, 0.29) is 72.9 Å². The van der Waals surface area contributed by atoms with Crippen molar-refractivity contribution in [2.45, 2.75) is 0 Å². The Morgan fingerprint density at radius 1 is 1.09 bits per heavy atom. The summed E-state index contributed by atoms with van der Waals surface area (Å²) in [5.41, 5.74) is -1.23. The fourth-order valence-corrected chi connectivity index (χ4v) is 2.54. The normalized spacial score (nSPS) is 9.87. The molecule has 2 aromatic rings. The van der Waals surface area contributed by atoms with Gasteiger partial charge in [-0.1, -0.05) is 34.8 Å². The molecule has 0 saturated carbocycles. The molecule has 0 aliphatic carbocycles. The molecule has 0 N–H and O–H groups in total. The number of hydrogen-bond acceptors (Lipinski definition) is 5. The van der Waals surface area contributed by atoms with Gasteiger partial charge in [-0.2, -0.15) is 0 Å². The second-order valence-electron chi connectivity index (χ2n) is 4.02. The Kier molecular flexibility index (Phi) is 7.76. The first-order valence-corrected chi connectivity index (χ1v) is 6.75. The van der Waals surface area contributed by atoms with Crippen LogP contribution in [0, 0.1) is 10.1 Å². The van der Waals surface area contributed by atoms with E-state index in [1.165, 1.54) is 18.2 Å². The molecule has 0 aliphatic heterocycles. The van der Waals surface area contributed by atoms with Crippen LogP contribution in [0.3, 0.4) is 0 Å². The topological polar surface area (TPSA) is 92.5 Å². The first kappa shape index (κ1) is 20.7. The molecule has 0 unspecified atom stereocenters.